The zero-order valence-electron chi connectivity index (χ0n) is 25.9. The molecule has 1 saturated heterocycles. The van der Waals surface area contributed by atoms with Gasteiger partial charge in [-0.15, -0.1) is 0 Å². The number of fused-ring (bicyclic) bond motifs is 1. The number of anilines is 1. The summed E-state index contributed by atoms with van der Waals surface area (Å²) < 4.78 is 3.66. The third-order valence-corrected chi connectivity index (χ3v) is 7.01. The maximum Gasteiger partial charge on any atom is 0.237 e. The Labute approximate surface area is 259 Å². The topological polar surface area (TPSA) is 187 Å². The molecule has 2 aromatic heterocycles. The Kier molecular flexibility index (Phi) is 13.0. The lowest BCUT2D eigenvalue weighted by atomic mass is 9.93. The smallest absolute Gasteiger partial charge is 0.237 e. The number of likely N-dealkylation sites (tertiary alicyclic amines) is 1. The van der Waals surface area contributed by atoms with Gasteiger partial charge < -0.3 is 10.6 Å². The van der Waals surface area contributed by atoms with Gasteiger partial charge >= 0.3 is 0 Å². The molecule has 4 heterocycles. The van der Waals surface area contributed by atoms with Crippen LogP contribution in [-0.2, 0) is 11.3 Å². The fourth-order valence-electron chi connectivity index (χ4n) is 4.94. The summed E-state index contributed by atoms with van der Waals surface area (Å²) in [6.45, 7) is 12.5. The van der Waals surface area contributed by atoms with Crippen LogP contribution in [0.2, 0.25) is 0 Å². The van der Waals surface area contributed by atoms with Crippen LogP contribution in [0.4, 0.5) is 5.82 Å². The summed E-state index contributed by atoms with van der Waals surface area (Å²) in [6.07, 6.45) is 9.12. The number of piperidine rings is 1. The van der Waals surface area contributed by atoms with E-state index in [-0.39, 0.29) is 12.5 Å². The van der Waals surface area contributed by atoms with Crippen molar-refractivity contribution in [3.8, 4) is 0 Å². The lowest BCUT2D eigenvalue weighted by Gasteiger charge is -2.32. The summed E-state index contributed by atoms with van der Waals surface area (Å²) in [6, 6.07) is 14.0. The molecule has 9 N–H and O–H groups in total. The van der Waals surface area contributed by atoms with Gasteiger partial charge in [0.15, 0.2) is 5.82 Å². The number of nitrogens with one attached hydrogen (secondary N) is 1. The molecule has 44 heavy (non-hydrogen) atoms. The van der Waals surface area contributed by atoms with Gasteiger partial charge in [0.25, 0.3) is 0 Å². The molecule has 0 radical (unpaired) electrons. The van der Waals surface area contributed by atoms with Gasteiger partial charge in [0.05, 0.1) is 25.8 Å². The minimum absolute atomic E-state index is 0.0457. The van der Waals surface area contributed by atoms with Crippen molar-refractivity contribution in [3.05, 3.63) is 89.4 Å². The van der Waals surface area contributed by atoms with E-state index in [4.69, 9.17) is 23.3 Å². The molecule has 236 valence electrons. The summed E-state index contributed by atoms with van der Waals surface area (Å²) in [5, 5.41) is 9.88. The monoisotopic (exact) mass is 602 g/mol. The fourth-order valence-corrected chi connectivity index (χ4v) is 4.94. The normalized spacial score (nSPS) is 14.5. The second-order valence-electron chi connectivity index (χ2n) is 10.2. The number of aliphatic imine (C=N–C) groups is 1. The minimum Gasteiger partial charge on any atom is -0.382 e. The van der Waals surface area contributed by atoms with E-state index in [1.807, 2.05) is 78.9 Å². The number of hydrogen-bond donors (Lipinski definition) is 5. The molecule has 3 aromatic rings. The van der Waals surface area contributed by atoms with Gasteiger partial charge in [-0.25, -0.2) is 26.2 Å². The van der Waals surface area contributed by atoms with E-state index in [0.29, 0.717) is 30.7 Å². The highest BCUT2D eigenvalue weighted by atomic mass is 16.2. The first-order chi connectivity index (χ1) is 21.3. The Morgan fingerprint density at radius 2 is 1.84 bits per heavy atom. The van der Waals surface area contributed by atoms with Crippen molar-refractivity contribution in [1.82, 2.24) is 24.8 Å². The molecule has 0 saturated carbocycles. The van der Waals surface area contributed by atoms with Crippen molar-refractivity contribution >= 4 is 29.9 Å². The van der Waals surface area contributed by atoms with E-state index in [9.17, 15) is 4.79 Å². The molecule has 1 fully saturated rings. The Bertz CT molecular complexity index is 1440. The van der Waals surface area contributed by atoms with Gasteiger partial charge in [-0.2, -0.15) is 10.2 Å². The Hall–Kier alpha value is -4.56. The number of amides is 1. The third-order valence-electron chi connectivity index (χ3n) is 7.01. The Morgan fingerprint density at radius 1 is 1.14 bits per heavy atom. The number of hydrogen-bond acceptors (Lipinski definition) is 10. The van der Waals surface area contributed by atoms with Crippen LogP contribution in [0.1, 0.15) is 62.0 Å². The maximum absolute atomic E-state index is 11.8. The van der Waals surface area contributed by atoms with Crippen molar-refractivity contribution < 1.29 is 4.79 Å². The van der Waals surface area contributed by atoms with Crippen LogP contribution in [-0.4, -0.2) is 63.5 Å². The Morgan fingerprint density at radius 3 is 2.48 bits per heavy atom. The maximum atomic E-state index is 11.8. The van der Waals surface area contributed by atoms with Gasteiger partial charge in [0, 0.05) is 36.5 Å². The van der Waals surface area contributed by atoms with E-state index in [0.717, 1.165) is 59.1 Å². The highest BCUT2D eigenvalue weighted by Gasteiger charge is 2.27. The largest absolute Gasteiger partial charge is 0.382 e. The van der Waals surface area contributed by atoms with Crippen LogP contribution in [0.3, 0.4) is 0 Å². The van der Waals surface area contributed by atoms with Crippen molar-refractivity contribution in [2.45, 2.75) is 46.1 Å². The molecule has 0 unspecified atom stereocenters. The second kappa shape index (κ2) is 16.9. The number of amidine groups is 1. The number of hydrazine groups is 3. The first-order valence-corrected chi connectivity index (χ1v) is 14.8. The predicted octanol–water partition coefficient (Wildman–Crippen LogP) is 2.31. The molecule has 1 aromatic carbocycles. The average molecular weight is 603 g/mol. The zero-order chi connectivity index (χ0) is 32.1. The third kappa shape index (κ3) is 8.97. The SMILES string of the molecule is C=C(C)/C=C\c1cnn(Cc2ccccc2)c1N(N)N.CC.NNCC(=O)N1CCC(c2ccc3n2N=CCN=C3N)CC1. The van der Waals surface area contributed by atoms with E-state index < -0.39 is 0 Å². The molecule has 0 aliphatic carbocycles. The van der Waals surface area contributed by atoms with Gasteiger partial charge in [0.2, 0.25) is 5.91 Å². The van der Waals surface area contributed by atoms with Gasteiger partial charge in [-0.3, -0.25) is 21.1 Å². The molecule has 5 rings (SSSR count). The fraction of sp³-hybridized carbons (Fsp3) is 0.355. The highest BCUT2D eigenvalue weighted by Crippen LogP contribution is 2.30. The van der Waals surface area contributed by atoms with E-state index in [1.54, 1.807) is 17.1 Å². The molecule has 13 heteroatoms. The lowest BCUT2D eigenvalue weighted by molar-refractivity contribution is -0.131. The van der Waals surface area contributed by atoms with Crippen LogP contribution in [0.15, 0.2) is 77.0 Å². The number of carbonyl (C=O) groups is 1. The van der Waals surface area contributed by atoms with Crippen LogP contribution in [0.25, 0.3) is 6.08 Å². The Balaban J connectivity index is 0.000000229. The number of nitrogens with two attached hydrogens (primary N) is 4. The molecular formula is C31H46N12O. The second-order valence-corrected chi connectivity index (χ2v) is 10.2. The summed E-state index contributed by atoms with van der Waals surface area (Å²) in [5.41, 5.74) is 13.3. The van der Waals surface area contributed by atoms with E-state index >= 15 is 0 Å². The molecule has 0 bridgehead atoms. The van der Waals surface area contributed by atoms with Crippen molar-refractivity contribution in [3.63, 3.8) is 0 Å². The summed E-state index contributed by atoms with van der Waals surface area (Å²) in [4.78, 5) is 17.9. The van der Waals surface area contributed by atoms with Crippen LogP contribution in [0, 0.1) is 0 Å². The first-order valence-electron chi connectivity index (χ1n) is 14.8. The number of rotatable bonds is 8. The van der Waals surface area contributed by atoms with Crippen LogP contribution in [0.5, 0.6) is 0 Å². The number of allylic oxidation sites excluding steroid dienone is 2. The molecule has 1 amide bonds. The summed E-state index contributed by atoms with van der Waals surface area (Å²) in [7, 11) is 0. The van der Waals surface area contributed by atoms with Crippen molar-refractivity contribution in [2.75, 3.05) is 31.3 Å². The van der Waals surface area contributed by atoms with E-state index in [2.05, 4.69) is 33.3 Å². The molecule has 2 aliphatic rings. The predicted molar refractivity (Wildman–Crippen MR) is 178 cm³/mol. The number of benzene rings is 1. The van der Waals surface area contributed by atoms with Gasteiger partial charge in [-0.05, 0) is 43.5 Å². The minimum atomic E-state index is 0.0457. The first kappa shape index (κ1) is 33.9. The van der Waals surface area contributed by atoms with Gasteiger partial charge in [-0.1, -0.05) is 62.4 Å². The molecular weight excluding hydrogens is 556 g/mol. The highest BCUT2D eigenvalue weighted by molar-refractivity contribution is 5.97. The quantitative estimate of drug-likeness (QED) is 0.148. The summed E-state index contributed by atoms with van der Waals surface area (Å²) in [5.74, 6) is 18.2. The van der Waals surface area contributed by atoms with Crippen molar-refractivity contribution in [2.24, 2.45) is 33.4 Å². The summed E-state index contributed by atoms with van der Waals surface area (Å²) >= 11 is 0. The standard InChI is InChI=1S/C15H19N5.C14H21N7O.C2H6/c1-12(2)8-9-14-10-18-19(15(14)20(16)17)11-13-6-4-3-5-7-13;15-14-12-2-1-11(21(12)19-6-5-17-14)10-3-7-20(8-4-10)13(22)9-18-16;1-2/h3-10H,1,11,16-17H2,2H3;1-2,6,10,18H,3-5,7-9,16H2,(H2,15,17);1-2H3/b9-8-;;. The molecule has 0 spiro atoms. The van der Waals surface area contributed by atoms with Gasteiger partial charge in [0.1, 0.15) is 11.5 Å². The average Bonchev–Trinajstić information content (AvgIpc) is 3.59. The van der Waals surface area contributed by atoms with Crippen molar-refractivity contribution in [1.29, 1.82) is 0 Å². The number of aromatic nitrogens is 3. The van der Waals surface area contributed by atoms with Crippen LogP contribution < -0.4 is 33.8 Å². The number of carbonyl (C=O) groups excluding carboxylic acids is 1. The van der Waals surface area contributed by atoms with E-state index in [1.165, 1.54) is 0 Å². The molecule has 2 aliphatic heterocycles. The molecule has 13 nitrogen and oxygen atoms in total. The van der Waals surface area contributed by atoms with Crippen LogP contribution >= 0.6 is 0 Å². The number of nitrogens with zero attached hydrogens (tertiary/aromatic N) is 7. The lowest BCUT2D eigenvalue weighted by Crippen LogP contribution is -2.44. The molecule has 0 atom stereocenters. The zero-order valence-corrected chi connectivity index (χ0v) is 25.9.